The maximum Gasteiger partial charge on any atom is 0.417 e. The molecule has 11 nitrogen and oxygen atoms in total. The van der Waals surface area contributed by atoms with E-state index in [1.807, 2.05) is 16.6 Å². The first-order valence-corrected chi connectivity index (χ1v) is 20.8. The molecule has 1 atom stereocenters. The van der Waals surface area contributed by atoms with Crippen LogP contribution in [0.3, 0.4) is 0 Å². The van der Waals surface area contributed by atoms with Crippen LogP contribution in [-0.2, 0) is 45.3 Å². The Morgan fingerprint density at radius 1 is 1.04 bits per heavy atom. The number of thioether (sulfide) groups is 1. The topological polar surface area (TPSA) is 111 Å². The molecule has 4 aliphatic rings. The maximum absolute atomic E-state index is 14.3. The van der Waals surface area contributed by atoms with Gasteiger partial charge in [-0.3, -0.25) is 14.3 Å². The van der Waals surface area contributed by atoms with Crippen molar-refractivity contribution in [1.82, 2.24) is 34.1 Å². The third kappa shape index (κ3) is 9.11. The quantitative estimate of drug-likeness (QED) is 0.343. The number of aromatic nitrogens is 2. The molecule has 16 heteroatoms. The zero-order chi connectivity index (χ0) is 36.5. The summed E-state index contributed by atoms with van der Waals surface area (Å²) in [5.74, 6) is -0.0313. The molecule has 1 aromatic carbocycles. The number of fused-ring (bicyclic) bond motifs is 1. The lowest BCUT2D eigenvalue weighted by molar-refractivity contribution is -0.139. The monoisotopic (exact) mass is 753 g/mol. The summed E-state index contributed by atoms with van der Waals surface area (Å²) < 4.78 is 71.3. The first-order valence-electron chi connectivity index (χ1n) is 18.1. The highest BCUT2D eigenvalue weighted by molar-refractivity contribution is 8.00. The van der Waals surface area contributed by atoms with Gasteiger partial charge in [-0.25, -0.2) is 8.42 Å². The number of halogens is 3. The second-order valence-electron chi connectivity index (χ2n) is 14.5. The fourth-order valence-electron chi connectivity index (χ4n) is 7.84. The molecule has 5 heterocycles. The highest BCUT2D eigenvalue weighted by atomic mass is 32.2. The number of carbonyl (C=O) groups is 2. The molecule has 6 rings (SSSR count). The number of aryl methyl sites for hydroxylation is 1. The van der Waals surface area contributed by atoms with Crippen molar-refractivity contribution in [2.75, 3.05) is 59.1 Å². The minimum absolute atomic E-state index is 0.00845. The van der Waals surface area contributed by atoms with E-state index in [0.29, 0.717) is 48.8 Å². The Bertz CT molecular complexity index is 1690. The Labute approximate surface area is 303 Å². The molecule has 4 aliphatic heterocycles. The van der Waals surface area contributed by atoms with E-state index in [0.717, 1.165) is 108 Å². The zero-order valence-electron chi connectivity index (χ0n) is 29.8. The molecule has 3 fully saturated rings. The molecule has 282 valence electrons. The molecule has 2 amide bonds. The number of hydrogen-bond donors (Lipinski definition) is 1. The number of rotatable bonds is 11. The Kier molecular flexibility index (Phi) is 11.8. The van der Waals surface area contributed by atoms with Gasteiger partial charge in [0.05, 0.1) is 22.8 Å². The largest absolute Gasteiger partial charge is 0.417 e. The number of likely N-dealkylation sites (tertiary alicyclic amines) is 3. The van der Waals surface area contributed by atoms with Crippen LogP contribution >= 0.6 is 11.8 Å². The van der Waals surface area contributed by atoms with Crippen molar-refractivity contribution < 1.29 is 31.2 Å². The SMILES string of the molecule is CC(Sc1cc(-c2nn(CCCN3CCC(N4CCCC4=O)CC3)c3c2CN(S(C)(=O)=O)CC3)ccc1C(F)(F)F)C(=O)NC1CCN(C)CC1. The number of sulfonamides is 1. The minimum atomic E-state index is -4.63. The van der Waals surface area contributed by atoms with Crippen molar-refractivity contribution in [1.29, 1.82) is 0 Å². The smallest absolute Gasteiger partial charge is 0.352 e. The maximum atomic E-state index is 14.3. The molecule has 3 saturated heterocycles. The van der Waals surface area contributed by atoms with Gasteiger partial charge in [0.2, 0.25) is 21.8 Å². The molecule has 1 unspecified atom stereocenters. The Balaban J connectivity index is 1.19. The van der Waals surface area contributed by atoms with Gasteiger partial charge in [0.1, 0.15) is 0 Å². The number of amides is 2. The molecule has 0 radical (unpaired) electrons. The lowest BCUT2D eigenvalue weighted by Crippen LogP contribution is -2.45. The minimum Gasteiger partial charge on any atom is -0.352 e. The molecular weight excluding hydrogens is 704 g/mol. The van der Waals surface area contributed by atoms with Crippen molar-refractivity contribution in [3.8, 4) is 11.3 Å². The number of nitrogens with one attached hydrogen (secondary N) is 1. The number of piperidine rings is 2. The molecule has 1 aromatic heterocycles. The van der Waals surface area contributed by atoms with E-state index in [1.165, 1.54) is 16.4 Å². The van der Waals surface area contributed by atoms with Crippen LogP contribution in [-0.4, -0.2) is 125 Å². The third-order valence-electron chi connectivity index (χ3n) is 10.8. The summed E-state index contributed by atoms with van der Waals surface area (Å²) in [6.07, 6.45) is 2.88. The summed E-state index contributed by atoms with van der Waals surface area (Å²) in [5, 5.41) is 7.18. The standard InChI is InChI=1S/C35H50F3N7O4S2/c1-24(34(47)39-26-9-17-41(2)18-10-26)50-31-22-25(7-8-29(31)35(36,37)38)33-28-23-43(51(3,48)49)21-13-30(28)45(40-33)16-5-14-42-19-11-27(12-20-42)44-15-4-6-32(44)46/h7-8,22,24,26-27H,4-6,9-21,23H2,1-3H3,(H,39,47). The van der Waals surface area contributed by atoms with E-state index in [-0.39, 0.29) is 29.3 Å². The van der Waals surface area contributed by atoms with Crippen molar-refractivity contribution >= 4 is 33.6 Å². The predicted molar refractivity (Wildman–Crippen MR) is 191 cm³/mol. The van der Waals surface area contributed by atoms with Gasteiger partial charge >= 0.3 is 6.18 Å². The first kappa shape index (κ1) is 38.1. The Morgan fingerprint density at radius 3 is 2.41 bits per heavy atom. The van der Waals surface area contributed by atoms with E-state index in [2.05, 4.69) is 15.1 Å². The molecule has 0 bridgehead atoms. The number of nitrogens with zero attached hydrogens (tertiary/aromatic N) is 6. The summed E-state index contributed by atoms with van der Waals surface area (Å²) in [7, 11) is -1.49. The van der Waals surface area contributed by atoms with Gasteiger partial charge in [-0.15, -0.1) is 11.8 Å². The van der Waals surface area contributed by atoms with Crippen LogP contribution in [0.25, 0.3) is 11.3 Å². The van der Waals surface area contributed by atoms with E-state index >= 15 is 0 Å². The zero-order valence-corrected chi connectivity index (χ0v) is 31.4. The number of alkyl halides is 3. The predicted octanol–water partition coefficient (Wildman–Crippen LogP) is 4.05. The molecular formula is C35H50F3N7O4S2. The summed E-state index contributed by atoms with van der Waals surface area (Å²) in [6, 6.07) is 4.21. The van der Waals surface area contributed by atoms with Gasteiger partial charge in [0.15, 0.2) is 0 Å². The van der Waals surface area contributed by atoms with Crippen molar-refractivity contribution in [2.45, 2.75) is 99.8 Å². The van der Waals surface area contributed by atoms with E-state index < -0.39 is 27.0 Å². The van der Waals surface area contributed by atoms with Crippen LogP contribution in [0.15, 0.2) is 23.1 Å². The van der Waals surface area contributed by atoms with Crippen LogP contribution < -0.4 is 5.32 Å². The molecule has 0 saturated carbocycles. The van der Waals surface area contributed by atoms with Crippen LogP contribution in [0.1, 0.15) is 68.7 Å². The number of hydrogen-bond acceptors (Lipinski definition) is 8. The van der Waals surface area contributed by atoms with Gasteiger partial charge in [-0.1, -0.05) is 6.07 Å². The second kappa shape index (κ2) is 15.7. The van der Waals surface area contributed by atoms with Gasteiger partial charge in [0.25, 0.3) is 0 Å². The fourth-order valence-corrected chi connectivity index (χ4v) is 9.68. The van der Waals surface area contributed by atoms with Crippen LogP contribution in [0.5, 0.6) is 0 Å². The molecule has 0 aliphatic carbocycles. The lowest BCUT2D eigenvalue weighted by atomic mass is 10.0. The Hall–Kier alpha value is -2.66. The lowest BCUT2D eigenvalue weighted by Gasteiger charge is -2.36. The normalized spacial score (nSPS) is 21.3. The van der Waals surface area contributed by atoms with Crippen molar-refractivity contribution in [2.24, 2.45) is 0 Å². The van der Waals surface area contributed by atoms with E-state index in [1.54, 1.807) is 6.92 Å². The molecule has 0 spiro atoms. The molecule has 1 N–H and O–H groups in total. The highest BCUT2D eigenvalue weighted by Crippen LogP contribution is 2.41. The number of carbonyl (C=O) groups excluding carboxylic acids is 2. The van der Waals surface area contributed by atoms with Gasteiger partial charge in [-0.2, -0.15) is 22.6 Å². The average Bonchev–Trinajstić information content (AvgIpc) is 3.68. The van der Waals surface area contributed by atoms with Crippen LogP contribution in [0, 0.1) is 0 Å². The Morgan fingerprint density at radius 2 is 1.76 bits per heavy atom. The fraction of sp³-hybridized carbons (Fsp3) is 0.686. The third-order valence-corrected chi connectivity index (χ3v) is 13.2. The molecule has 2 aromatic rings. The number of benzene rings is 1. The summed E-state index contributed by atoms with van der Waals surface area (Å²) in [4.78, 5) is 31.9. The van der Waals surface area contributed by atoms with Gasteiger partial charge in [0, 0.05) is 85.9 Å². The summed E-state index contributed by atoms with van der Waals surface area (Å²) in [6.45, 7) is 7.84. The van der Waals surface area contributed by atoms with E-state index in [4.69, 9.17) is 5.10 Å². The van der Waals surface area contributed by atoms with Crippen molar-refractivity contribution in [3.05, 3.63) is 35.0 Å². The highest BCUT2D eigenvalue weighted by Gasteiger charge is 2.36. The van der Waals surface area contributed by atoms with Gasteiger partial charge < -0.3 is 20.0 Å². The summed E-state index contributed by atoms with van der Waals surface area (Å²) in [5.41, 5.74) is 1.70. The average molecular weight is 754 g/mol. The summed E-state index contributed by atoms with van der Waals surface area (Å²) >= 11 is 0.879. The van der Waals surface area contributed by atoms with Gasteiger partial charge in [-0.05, 0) is 84.3 Å². The second-order valence-corrected chi connectivity index (χ2v) is 17.9. The van der Waals surface area contributed by atoms with Crippen LogP contribution in [0.2, 0.25) is 0 Å². The van der Waals surface area contributed by atoms with E-state index in [9.17, 15) is 31.2 Å². The molecule has 51 heavy (non-hydrogen) atoms. The first-order chi connectivity index (χ1) is 24.2. The van der Waals surface area contributed by atoms with Crippen LogP contribution in [0.4, 0.5) is 13.2 Å². The van der Waals surface area contributed by atoms with Crippen molar-refractivity contribution in [3.63, 3.8) is 0 Å².